The average molecular weight is 216 g/mol. The van der Waals surface area contributed by atoms with Gasteiger partial charge in [-0.05, 0) is 26.2 Å². The molecule has 0 amide bonds. The SMILES string of the molecule is CC(O)CCN(CCC(N)=S)C1CC1. The van der Waals surface area contributed by atoms with Crippen molar-refractivity contribution in [3.63, 3.8) is 0 Å². The average Bonchev–Trinajstić information content (AvgIpc) is 2.86. The van der Waals surface area contributed by atoms with E-state index in [1.807, 2.05) is 6.92 Å². The van der Waals surface area contributed by atoms with Gasteiger partial charge in [0.15, 0.2) is 0 Å². The monoisotopic (exact) mass is 216 g/mol. The molecule has 1 atom stereocenters. The number of hydrogen-bond donors (Lipinski definition) is 2. The Morgan fingerprint density at radius 3 is 2.64 bits per heavy atom. The molecule has 1 saturated carbocycles. The van der Waals surface area contributed by atoms with Crippen molar-refractivity contribution in [2.24, 2.45) is 5.73 Å². The molecule has 1 aliphatic rings. The normalized spacial score (nSPS) is 18.5. The van der Waals surface area contributed by atoms with E-state index in [0.717, 1.165) is 32.0 Å². The second-order valence-electron chi connectivity index (χ2n) is 4.12. The van der Waals surface area contributed by atoms with Crippen molar-refractivity contribution in [3.8, 4) is 0 Å². The van der Waals surface area contributed by atoms with Crippen molar-refractivity contribution < 1.29 is 5.11 Å². The van der Waals surface area contributed by atoms with Crippen LogP contribution in [0, 0.1) is 0 Å². The van der Waals surface area contributed by atoms with Crippen molar-refractivity contribution in [1.29, 1.82) is 0 Å². The minimum atomic E-state index is -0.207. The van der Waals surface area contributed by atoms with Crippen LogP contribution in [0.4, 0.5) is 0 Å². The van der Waals surface area contributed by atoms with Crippen LogP contribution in [-0.2, 0) is 0 Å². The predicted molar refractivity (Wildman–Crippen MR) is 62.3 cm³/mol. The zero-order chi connectivity index (χ0) is 10.6. The molecule has 0 aromatic rings. The second-order valence-corrected chi connectivity index (χ2v) is 4.65. The fourth-order valence-electron chi connectivity index (χ4n) is 1.52. The molecule has 1 unspecified atom stereocenters. The van der Waals surface area contributed by atoms with Crippen molar-refractivity contribution in [1.82, 2.24) is 4.90 Å². The van der Waals surface area contributed by atoms with E-state index in [4.69, 9.17) is 18.0 Å². The molecule has 0 aromatic carbocycles. The topological polar surface area (TPSA) is 49.5 Å². The lowest BCUT2D eigenvalue weighted by molar-refractivity contribution is 0.154. The van der Waals surface area contributed by atoms with Gasteiger partial charge in [-0.2, -0.15) is 0 Å². The van der Waals surface area contributed by atoms with Gasteiger partial charge >= 0.3 is 0 Å². The first-order chi connectivity index (χ1) is 6.59. The summed E-state index contributed by atoms with van der Waals surface area (Å²) in [6.07, 6.45) is 4.01. The molecule has 0 aromatic heterocycles. The van der Waals surface area contributed by atoms with E-state index in [0.29, 0.717) is 4.99 Å². The van der Waals surface area contributed by atoms with E-state index in [1.54, 1.807) is 0 Å². The summed E-state index contributed by atoms with van der Waals surface area (Å²) in [5, 5.41) is 9.20. The third kappa shape index (κ3) is 4.88. The third-order valence-electron chi connectivity index (χ3n) is 2.54. The molecule has 1 aliphatic carbocycles. The van der Waals surface area contributed by atoms with E-state index < -0.39 is 0 Å². The summed E-state index contributed by atoms with van der Waals surface area (Å²) in [4.78, 5) is 2.99. The molecule has 0 radical (unpaired) electrons. The van der Waals surface area contributed by atoms with Gasteiger partial charge in [0, 0.05) is 25.6 Å². The van der Waals surface area contributed by atoms with E-state index in [1.165, 1.54) is 12.8 Å². The summed E-state index contributed by atoms with van der Waals surface area (Å²) < 4.78 is 0. The molecular formula is C10H20N2OS. The number of thiocarbonyl (C=S) groups is 1. The van der Waals surface area contributed by atoms with Gasteiger partial charge in [-0.3, -0.25) is 4.90 Å². The van der Waals surface area contributed by atoms with Gasteiger partial charge < -0.3 is 10.8 Å². The van der Waals surface area contributed by atoms with Gasteiger partial charge in [0.05, 0.1) is 11.1 Å². The Balaban J connectivity index is 2.20. The number of nitrogens with zero attached hydrogens (tertiary/aromatic N) is 1. The predicted octanol–water partition coefficient (Wildman–Crippen LogP) is 0.898. The molecule has 0 saturated heterocycles. The van der Waals surface area contributed by atoms with Gasteiger partial charge in [0.25, 0.3) is 0 Å². The quantitative estimate of drug-likeness (QED) is 0.621. The third-order valence-corrected chi connectivity index (χ3v) is 2.75. The fourth-order valence-corrected chi connectivity index (χ4v) is 1.61. The summed E-state index contributed by atoms with van der Waals surface area (Å²) in [5.41, 5.74) is 5.47. The first-order valence-corrected chi connectivity index (χ1v) is 5.71. The van der Waals surface area contributed by atoms with Crippen molar-refractivity contribution in [2.45, 2.75) is 44.8 Å². The molecule has 4 heteroatoms. The summed E-state index contributed by atoms with van der Waals surface area (Å²) in [7, 11) is 0. The van der Waals surface area contributed by atoms with Crippen LogP contribution in [-0.4, -0.2) is 40.2 Å². The minimum absolute atomic E-state index is 0.207. The Morgan fingerprint density at radius 1 is 1.57 bits per heavy atom. The summed E-state index contributed by atoms with van der Waals surface area (Å²) in [5.74, 6) is 0. The zero-order valence-electron chi connectivity index (χ0n) is 8.78. The molecule has 3 N–H and O–H groups in total. The Morgan fingerprint density at radius 2 is 2.21 bits per heavy atom. The summed E-state index contributed by atoms with van der Waals surface area (Å²) in [6.45, 7) is 3.75. The highest BCUT2D eigenvalue weighted by molar-refractivity contribution is 7.80. The number of nitrogens with two attached hydrogens (primary N) is 1. The summed E-state index contributed by atoms with van der Waals surface area (Å²) in [6, 6.07) is 0.725. The van der Waals surface area contributed by atoms with E-state index >= 15 is 0 Å². The number of hydrogen-bond acceptors (Lipinski definition) is 3. The molecule has 3 nitrogen and oxygen atoms in total. The second kappa shape index (κ2) is 5.63. The van der Waals surface area contributed by atoms with Crippen LogP contribution in [0.1, 0.15) is 32.6 Å². The fraction of sp³-hybridized carbons (Fsp3) is 0.900. The van der Waals surface area contributed by atoms with Crippen LogP contribution in [0.3, 0.4) is 0 Å². The van der Waals surface area contributed by atoms with Crippen LogP contribution in [0.25, 0.3) is 0 Å². The number of aliphatic hydroxyl groups is 1. The molecule has 14 heavy (non-hydrogen) atoms. The first kappa shape index (κ1) is 11.9. The maximum atomic E-state index is 9.20. The van der Waals surface area contributed by atoms with Gasteiger partial charge in [0.2, 0.25) is 0 Å². The van der Waals surface area contributed by atoms with E-state index in [-0.39, 0.29) is 6.10 Å². The standard InChI is InChI=1S/C10H20N2OS/c1-8(13)4-6-12(9-2-3-9)7-5-10(11)14/h8-9,13H,2-7H2,1H3,(H2,11,14). The van der Waals surface area contributed by atoms with Gasteiger partial charge in [-0.1, -0.05) is 12.2 Å². The number of aliphatic hydroxyl groups excluding tert-OH is 1. The van der Waals surface area contributed by atoms with E-state index in [2.05, 4.69) is 4.90 Å². The molecule has 0 spiro atoms. The molecule has 0 bridgehead atoms. The van der Waals surface area contributed by atoms with Crippen LogP contribution < -0.4 is 5.73 Å². The van der Waals surface area contributed by atoms with Crippen LogP contribution in [0.2, 0.25) is 0 Å². The van der Waals surface area contributed by atoms with Gasteiger partial charge in [0.1, 0.15) is 0 Å². The lowest BCUT2D eigenvalue weighted by Gasteiger charge is -2.22. The largest absolute Gasteiger partial charge is 0.393 e. The molecule has 0 aliphatic heterocycles. The maximum absolute atomic E-state index is 9.20. The molecule has 1 fully saturated rings. The van der Waals surface area contributed by atoms with Gasteiger partial charge in [-0.25, -0.2) is 0 Å². The molecular weight excluding hydrogens is 196 g/mol. The highest BCUT2D eigenvalue weighted by Gasteiger charge is 2.28. The molecule has 1 rings (SSSR count). The van der Waals surface area contributed by atoms with Crippen LogP contribution in [0.5, 0.6) is 0 Å². The zero-order valence-corrected chi connectivity index (χ0v) is 9.59. The lowest BCUT2D eigenvalue weighted by Crippen LogP contribution is -2.32. The van der Waals surface area contributed by atoms with Gasteiger partial charge in [-0.15, -0.1) is 0 Å². The van der Waals surface area contributed by atoms with Crippen molar-refractivity contribution in [3.05, 3.63) is 0 Å². The maximum Gasteiger partial charge on any atom is 0.0740 e. The van der Waals surface area contributed by atoms with Crippen molar-refractivity contribution >= 4 is 17.2 Å². The molecule has 82 valence electrons. The van der Waals surface area contributed by atoms with Crippen molar-refractivity contribution in [2.75, 3.05) is 13.1 Å². The lowest BCUT2D eigenvalue weighted by atomic mass is 10.2. The molecule has 0 heterocycles. The van der Waals surface area contributed by atoms with E-state index in [9.17, 15) is 5.11 Å². The minimum Gasteiger partial charge on any atom is -0.393 e. The highest BCUT2D eigenvalue weighted by atomic mass is 32.1. The smallest absolute Gasteiger partial charge is 0.0740 e. The Kier molecular flexibility index (Phi) is 4.78. The Bertz CT molecular complexity index is 193. The van der Waals surface area contributed by atoms with Crippen LogP contribution in [0.15, 0.2) is 0 Å². The number of rotatable bonds is 7. The summed E-state index contributed by atoms with van der Waals surface area (Å²) >= 11 is 4.86. The Hall–Kier alpha value is -0.190. The highest BCUT2D eigenvalue weighted by Crippen LogP contribution is 2.27. The Labute approximate surface area is 91.3 Å². The van der Waals surface area contributed by atoms with Crippen LogP contribution >= 0.6 is 12.2 Å². The first-order valence-electron chi connectivity index (χ1n) is 5.30.